The Morgan fingerprint density at radius 2 is 1.73 bits per heavy atom. The molecule has 6 rings (SSSR count). The van der Waals surface area contributed by atoms with Crippen molar-refractivity contribution in [2.24, 2.45) is 0 Å². The number of carbonyl (C=O) groups excluding carboxylic acids is 1. The molecule has 0 aliphatic carbocycles. The first-order valence-electron chi connectivity index (χ1n) is 13.5. The lowest BCUT2D eigenvalue weighted by Gasteiger charge is -2.40. The standard InChI is InChI=1S/C29H32N6O5/c36-18-22-16-23(6-7-24(22)21-4-2-1-3-5-21)35-26-25(17-31-35)27(37)34(20-30-26)19-29(39)8-10-32(11-9-29)28(38)33-12-14-40-15-13-33/h1-7,16-17,20,36,39H,8-15,18-19H2. The molecule has 0 radical (unpaired) electrons. The molecule has 0 atom stereocenters. The van der Waals surface area contributed by atoms with Gasteiger partial charge in [0, 0.05) is 26.2 Å². The number of amides is 2. The van der Waals surface area contributed by atoms with Crippen LogP contribution in [0.5, 0.6) is 0 Å². The number of aromatic nitrogens is 4. The van der Waals surface area contributed by atoms with Crippen LogP contribution in [0.25, 0.3) is 27.8 Å². The number of aliphatic hydroxyl groups is 2. The van der Waals surface area contributed by atoms with E-state index < -0.39 is 5.60 Å². The number of aliphatic hydroxyl groups excluding tert-OH is 1. The van der Waals surface area contributed by atoms with Crippen LogP contribution in [0.4, 0.5) is 4.79 Å². The largest absolute Gasteiger partial charge is 0.392 e. The maximum absolute atomic E-state index is 13.4. The summed E-state index contributed by atoms with van der Waals surface area (Å²) in [7, 11) is 0. The molecule has 2 aliphatic heterocycles. The van der Waals surface area contributed by atoms with E-state index in [1.807, 2.05) is 48.5 Å². The first-order chi connectivity index (χ1) is 19.5. The van der Waals surface area contributed by atoms with Crippen molar-refractivity contribution in [1.29, 1.82) is 0 Å². The van der Waals surface area contributed by atoms with Crippen LogP contribution in [0.3, 0.4) is 0 Å². The van der Waals surface area contributed by atoms with Crippen molar-refractivity contribution < 1.29 is 19.7 Å². The fourth-order valence-corrected chi connectivity index (χ4v) is 5.54. The van der Waals surface area contributed by atoms with E-state index in [0.29, 0.717) is 69.0 Å². The number of carbonyl (C=O) groups is 1. The number of hydrogen-bond donors (Lipinski definition) is 2. The van der Waals surface area contributed by atoms with Crippen molar-refractivity contribution in [3.63, 3.8) is 0 Å². The van der Waals surface area contributed by atoms with Gasteiger partial charge in [0.05, 0.1) is 43.9 Å². The number of nitrogens with zero attached hydrogens (tertiary/aromatic N) is 6. The second-order valence-electron chi connectivity index (χ2n) is 10.4. The average Bonchev–Trinajstić information content (AvgIpc) is 3.44. The molecule has 2 aromatic carbocycles. The van der Waals surface area contributed by atoms with E-state index in [2.05, 4.69) is 10.1 Å². The van der Waals surface area contributed by atoms with Crippen LogP contribution in [-0.2, 0) is 17.9 Å². The quantitative estimate of drug-likeness (QED) is 0.394. The average molecular weight is 545 g/mol. The summed E-state index contributed by atoms with van der Waals surface area (Å²) in [5.74, 6) is 0. The zero-order chi connectivity index (χ0) is 27.7. The topological polar surface area (TPSA) is 126 Å². The van der Waals surface area contributed by atoms with Crippen LogP contribution in [0.1, 0.15) is 18.4 Å². The summed E-state index contributed by atoms with van der Waals surface area (Å²) in [4.78, 5) is 34.2. The lowest BCUT2D eigenvalue weighted by molar-refractivity contribution is -0.0320. The van der Waals surface area contributed by atoms with Gasteiger partial charge in [-0.15, -0.1) is 0 Å². The van der Waals surface area contributed by atoms with Gasteiger partial charge in [0.15, 0.2) is 5.65 Å². The van der Waals surface area contributed by atoms with Gasteiger partial charge in [0.1, 0.15) is 11.7 Å². The minimum Gasteiger partial charge on any atom is -0.392 e. The van der Waals surface area contributed by atoms with E-state index in [1.54, 1.807) is 14.5 Å². The summed E-state index contributed by atoms with van der Waals surface area (Å²) in [6.45, 7) is 3.01. The van der Waals surface area contributed by atoms with Crippen molar-refractivity contribution in [2.75, 3.05) is 39.4 Å². The van der Waals surface area contributed by atoms with Crippen LogP contribution >= 0.6 is 0 Å². The van der Waals surface area contributed by atoms with E-state index in [0.717, 1.165) is 16.7 Å². The van der Waals surface area contributed by atoms with Gasteiger partial charge in [-0.2, -0.15) is 5.10 Å². The molecular formula is C29H32N6O5. The maximum atomic E-state index is 13.4. The minimum absolute atomic E-state index is 0.0285. The van der Waals surface area contributed by atoms with Crippen LogP contribution < -0.4 is 5.56 Å². The number of fused-ring (bicyclic) bond motifs is 1. The molecule has 208 valence electrons. The molecule has 2 saturated heterocycles. The van der Waals surface area contributed by atoms with Crippen LogP contribution in [-0.4, -0.2) is 90.4 Å². The Kier molecular flexibility index (Phi) is 7.09. The van der Waals surface area contributed by atoms with Gasteiger partial charge in [-0.05, 0) is 41.7 Å². The predicted molar refractivity (Wildman–Crippen MR) is 148 cm³/mol. The van der Waals surface area contributed by atoms with Crippen molar-refractivity contribution >= 4 is 17.1 Å². The highest BCUT2D eigenvalue weighted by molar-refractivity contribution is 5.76. The maximum Gasteiger partial charge on any atom is 0.320 e. The number of piperidine rings is 1. The molecule has 2 fully saturated rings. The third-order valence-electron chi connectivity index (χ3n) is 7.85. The molecule has 2 amide bonds. The Labute approximate surface area is 230 Å². The van der Waals surface area contributed by atoms with Gasteiger partial charge >= 0.3 is 6.03 Å². The van der Waals surface area contributed by atoms with Gasteiger partial charge in [0.25, 0.3) is 5.56 Å². The van der Waals surface area contributed by atoms with E-state index in [-0.39, 0.29) is 24.7 Å². The van der Waals surface area contributed by atoms with E-state index in [9.17, 15) is 19.8 Å². The van der Waals surface area contributed by atoms with E-state index in [1.165, 1.54) is 17.1 Å². The Bertz CT molecular complexity index is 1570. The van der Waals surface area contributed by atoms with Crippen molar-refractivity contribution in [3.8, 4) is 16.8 Å². The fraction of sp³-hybridized carbons (Fsp3) is 0.379. The fourth-order valence-electron chi connectivity index (χ4n) is 5.54. The first-order valence-corrected chi connectivity index (χ1v) is 13.5. The van der Waals surface area contributed by atoms with Crippen molar-refractivity contribution in [1.82, 2.24) is 29.1 Å². The summed E-state index contributed by atoms with van der Waals surface area (Å²) in [6.07, 6.45) is 3.66. The Balaban J connectivity index is 1.20. The van der Waals surface area contributed by atoms with Gasteiger partial charge < -0.3 is 24.7 Å². The smallest absolute Gasteiger partial charge is 0.320 e. The van der Waals surface area contributed by atoms with Gasteiger partial charge in [-0.3, -0.25) is 9.36 Å². The number of benzene rings is 2. The zero-order valence-corrected chi connectivity index (χ0v) is 22.1. The summed E-state index contributed by atoms with van der Waals surface area (Å²) < 4.78 is 8.33. The third-order valence-corrected chi connectivity index (χ3v) is 7.85. The Hall–Kier alpha value is -4.06. The molecule has 40 heavy (non-hydrogen) atoms. The molecule has 11 heteroatoms. The lowest BCUT2D eigenvalue weighted by atomic mass is 9.91. The summed E-state index contributed by atoms with van der Waals surface area (Å²) in [5, 5.41) is 26.1. The Morgan fingerprint density at radius 3 is 2.45 bits per heavy atom. The number of urea groups is 1. The molecule has 11 nitrogen and oxygen atoms in total. The van der Waals surface area contributed by atoms with Gasteiger partial charge in [-0.25, -0.2) is 14.5 Å². The van der Waals surface area contributed by atoms with Crippen LogP contribution in [0.2, 0.25) is 0 Å². The number of hydrogen-bond acceptors (Lipinski definition) is 7. The molecule has 4 aromatic rings. The first kappa shape index (κ1) is 26.2. The third kappa shape index (κ3) is 4.99. The molecule has 0 unspecified atom stereocenters. The molecule has 4 heterocycles. The summed E-state index contributed by atoms with van der Waals surface area (Å²) in [6, 6.07) is 15.4. The Morgan fingerprint density at radius 1 is 1.00 bits per heavy atom. The number of likely N-dealkylation sites (tertiary alicyclic amines) is 1. The summed E-state index contributed by atoms with van der Waals surface area (Å²) >= 11 is 0. The molecule has 2 aliphatic rings. The molecule has 2 aromatic heterocycles. The SMILES string of the molecule is O=C(N1CCOCC1)N1CCC(O)(Cn2cnc3c(cnn3-c3ccc(-c4ccccc4)c(CO)c3)c2=O)CC1. The summed E-state index contributed by atoms with van der Waals surface area (Å²) in [5.41, 5.74) is 2.32. The van der Waals surface area contributed by atoms with E-state index in [4.69, 9.17) is 4.74 Å². The highest BCUT2D eigenvalue weighted by atomic mass is 16.5. The van der Waals surface area contributed by atoms with Gasteiger partial charge in [-0.1, -0.05) is 36.4 Å². The minimum atomic E-state index is -1.12. The van der Waals surface area contributed by atoms with Crippen molar-refractivity contribution in [2.45, 2.75) is 31.6 Å². The zero-order valence-electron chi connectivity index (χ0n) is 22.1. The number of morpholine rings is 1. The molecule has 0 saturated carbocycles. The van der Waals surface area contributed by atoms with Crippen LogP contribution in [0, 0.1) is 0 Å². The molecule has 0 spiro atoms. The lowest BCUT2D eigenvalue weighted by Crippen LogP contribution is -2.54. The number of ether oxygens (including phenoxy) is 1. The number of rotatable bonds is 5. The highest BCUT2D eigenvalue weighted by Gasteiger charge is 2.36. The monoisotopic (exact) mass is 544 g/mol. The predicted octanol–water partition coefficient (Wildman–Crippen LogP) is 2.02. The highest BCUT2D eigenvalue weighted by Crippen LogP contribution is 2.28. The molecule has 2 N–H and O–H groups in total. The molecule has 0 bridgehead atoms. The second kappa shape index (κ2) is 10.8. The second-order valence-corrected chi connectivity index (χ2v) is 10.4. The van der Waals surface area contributed by atoms with Crippen molar-refractivity contribution in [3.05, 3.63) is 77.0 Å². The molecular weight excluding hydrogens is 512 g/mol. The van der Waals surface area contributed by atoms with Gasteiger partial charge in [0.2, 0.25) is 0 Å². The van der Waals surface area contributed by atoms with E-state index >= 15 is 0 Å². The van der Waals surface area contributed by atoms with Crippen LogP contribution in [0.15, 0.2) is 65.8 Å². The normalized spacial score (nSPS) is 17.4.